The number of carbonyl (C=O) groups is 1. The van der Waals surface area contributed by atoms with Gasteiger partial charge in [-0.3, -0.25) is 4.79 Å². The maximum Gasteiger partial charge on any atom is 0.239 e. The van der Waals surface area contributed by atoms with Crippen molar-refractivity contribution < 1.29 is 14.3 Å². The standard InChI is InChI=1S/C15H24N2O3/c1-15(2,3)17-14(18)11-16-12-6-5-7-13(10-12)20-9-8-19-4/h5-7,10,16H,8-9,11H2,1-4H3,(H,17,18). The molecule has 1 amide bonds. The van der Waals surface area contributed by atoms with Gasteiger partial charge in [-0.2, -0.15) is 0 Å². The number of methoxy groups -OCH3 is 1. The molecule has 5 heteroatoms. The van der Waals surface area contributed by atoms with Crippen LogP contribution in [0.3, 0.4) is 0 Å². The molecular weight excluding hydrogens is 256 g/mol. The Kier molecular flexibility index (Phi) is 6.31. The van der Waals surface area contributed by atoms with Crippen LogP contribution in [0, 0.1) is 0 Å². The summed E-state index contributed by atoms with van der Waals surface area (Å²) in [5.41, 5.74) is 0.633. The number of hydrogen-bond acceptors (Lipinski definition) is 4. The molecule has 5 nitrogen and oxygen atoms in total. The van der Waals surface area contributed by atoms with E-state index in [1.165, 1.54) is 0 Å². The van der Waals surface area contributed by atoms with Gasteiger partial charge in [0.1, 0.15) is 12.4 Å². The fourth-order valence-electron chi connectivity index (χ4n) is 1.58. The van der Waals surface area contributed by atoms with Gasteiger partial charge >= 0.3 is 0 Å². The van der Waals surface area contributed by atoms with Crippen LogP contribution in [0.4, 0.5) is 5.69 Å². The van der Waals surface area contributed by atoms with Crippen LogP contribution >= 0.6 is 0 Å². The second kappa shape index (κ2) is 7.75. The molecule has 0 aliphatic carbocycles. The van der Waals surface area contributed by atoms with Crippen molar-refractivity contribution in [2.45, 2.75) is 26.3 Å². The van der Waals surface area contributed by atoms with Gasteiger partial charge in [-0.05, 0) is 32.9 Å². The zero-order valence-electron chi connectivity index (χ0n) is 12.7. The van der Waals surface area contributed by atoms with Crippen molar-refractivity contribution in [1.82, 2.24) is 5.32 Å². The number of carbonyl (C=O) groups excluding carboxylic acids is 1. The largest absolute Gasteiger partial charge is 0.491 e. The molecule has 1 aromatic carbocycles. The van der Waals surface area contributed by atoms with Crippen LogP contribution in [0.5, 0.6) is 5.75 Å². The van der Waals surface area contributed by atoms with Gasteiger partial charge in [0.25, 0.3) is 0 Å². The average Bonchev–Trinajstić information content (AvgIpc) is 2.35. The molecule has 0 aromatic heterocycles. The molecule has 0 saturated heterocycles. The number of ether oxygens (including phenoxy) is 2. The van der Waals surface area contributed by atoms with Crippen molar-refractivity contribution in [3.8, 4) is 5.75 Å². The van der Waals surface area contributed by atoms with Crippen LogP contribution in [0.2, 0.25) is 0 Å². The van der Waals surface area contributed by atoms with Crippen molar-refractivity contribution in [2.24, 2.45) is 0 Å². The van der Waals surface area contributed by atoms with E-state index in [-0.39, 0.29) is 18.0 Å². The number of nitrogens with one attached hydrogen (secondary N) is 2. The molecule has 20 heavy (non-hydrogen) atoms. The highest BCUT2D eigenvalue weighted by Crippen LogP contribution is 2.17. The van der Waals surface area contributed by atoms with Crippen LogP contribution in [0.15, 0.2) is 24.3 Å². The van der Waals surface area contributed by atoms with Crippen molar-refractivity contribution in [2.75, 3.05) is 32.2 Å². The van der Waals surface area contributed by atoms with E-state index in [0.29, 0.717) is 13.2 Å². The molecule has 0 radical (unpaired) electrons. The molecular formula is C15H24N2O3. The molecule has 0 unspecified atom stereocenters. The second-order valence-electron chi connectivity index (χ2n) is 5.52. The van der Waals surface area contributed by atoms with Crippen LogP contribution in [-0.2, 0) is 9.53 Å². The highest BCUT2D eigenvalue weighted by molar-refractivity contribution is 5.81. The Hall–Kier alpha value is -1.75. The summed E-state index contributed by atoms with van der Waals surface area (Å²) in [5, 5.41) is 5.97. The molecule has 0 aliphatic heterocycles. The summed E-state index contributed by atoms with van der Waals surface area (Å²) in [6.07, 6.45) is 0. The maximum atomic E-state index is 11.7. The van der Waals surface area contributed by atoms with Crippen molar-refractivity contribution >= 4 is 11.6 Å². The molecule has 0 bridgehead atoms. The summed E-state index contributed by atoms with van der Waals surface area (Å²) in [4.78, 5) is 11.7. The van der Waals surface area contributed by atoms with Crippen LogP contribution in [0.1, 0.15) is 20.8 Å². The highest BCUT2D eigenvalue weighted by Gasteiger charge is 2.13. The van der Waals surface area contributed by atoms with Gasteiger partial charge in [-0.25, -0.2) is 0 Å². The van der Waals surface area contributed by atoms with E-state index in [4.69, 9.17) is 9.47 Å². The Morgan fingerprint density at radius 3 is 2.65 bits per heavy atom. The summed E-state index contributed by atoms with van der Waals surface area (Å²) in [6.45, 7) is 7.15. The summed E-state index contributed by atoms with van der Waals surface area (Å²) in [5.74, 6) is 0.714. The maximum absolute atomic E-state index is 11.7. The van der Waals surface area contributed by atoms with Crippen LogP contribution in [-0.4, -0.2) is 38.3 Å². The zero-order valence-corrected chi connectivity index (χ0v) is 12.7. The first-order valence-corrected chi connectivity index (χ1v) is 6.67. The van der Waals surface area contributed by atoms with E-state index in [9.17, 15) is 4.79 Å². The number of amides is 1. The minimum atomic E-state index is -0.218. The lowest BCUT2D eigenvalue weighted by atomic mass is 10.1. The van der Waals surface area contributed by atoms with E-state index < -0.39 is 0 Å². The lowest BCUT2D eigenvalue weighted by molar-refractivity contribution is -0.120. The lowest BCUT2D eigenvalue weighted by Gasteiger charge is -2.20. The summed E-state index contributed by atoms with van der Waals surface area (Å²) >= 11 is 0. The first-order valence-electron chi connectivity index (χ1n) is 6.67. The molecule has 1 rings (SSSR count). The minimum Gasteiger partial charge on any atom is -0.491 e. The number of rotatable bonds is 7. The monoisotopic (exact) mass is 280 g/mol. The fraction of sp³-hybridized carbons (Fsp3) is 0.533. The van der Waals surface area contributed by atoms with Crippen LogP contribution < -0.4 is 15.4 Å². The predicted octanol–water partition coefficient (Wildman–Crippen LogP) is 2.04. The molecule has 2 N–H and O–H groups in total. The van der Waals surface area contributed by atoms with Gasteiger partial charge in [0, 0.05) is 24.4 Å². The number of anilines is 1. The Bertz CT molecular complexity index is 427. The third-order valence-corrected chi connectivity index (χ3v) is 2.36. The molecule has 1 aromatic rings. The van der Waals surface area contributed by atoms with E-state index in [1.54, 1.807) is 7.11 Å². The van der Waals surface area contributed by atoms with Gasteiger partial charge in [0.2, 0.25) is 5.91 Å². The molecule has 0 fully saturated rings. The van der Waals surface area contributed by atoms with Crippen LogP contribution in [0.25, 0.3) is 0 Å². The van der Waals surface area contributed by atoms with Crippen molar-refractivity contribution in [3.63, 3.8) is 0 Å². The third kappa shape index (κ3) is 6.99. The molecule has 0 aliphatic rings. The van der Waals surface area contributed by atoms with Gasteiger partial charge in [0.15, 0.2) is 0 Å². The SMILES string of the molecule is COCCOc1cccc(NCC(=O)NC(C)(C)C)c1. The predicted molar refractivity (Wildman–Crippen MR) is 80.2 cm³/mol. The second-order valence-corrected chi connectivity index (χ2v) is 5.52. The summed E-state index contributed by atoms with van der Waals surface area (Å²) in [7, 11) is 1.63. The molecule has 0 atom stereocenters. The van der Waals surface area contributed by atoms with E-state index in [2.05, 4.69) is 10.6 Å². The number of hydrogen-bond donors (Lipinski definition) is 2. The minimum absolute atomic E-state index is 0.0387. The van der Waals surface area contributed by atoms with Gasteiger partial charge in [-0.15, -0.1) is 0 Å². The van der Waals surface area contributed by atoms with Gasteiger partial charge in [0.05, 0.1) is 13.2 Å². The number of benzene rings is 1. The Morgan fingerprint density at radius 2 is 2.00 bits per heavy atom. The molecule has 0 saturated carbocycles. The summed E-state index contributed by atoms with van der Waals surface area (Å²) < 4.78 is 10.4. The Balaban J connectivity index is 2.44. The van der Waals surface area contributed by atoms with E-state index in [0.717, 1.165) is 11.4 Å². The van der Waals surface area contributed by atoms with Crippen molar-refractivity contribution in [1.29, 1.82) is 0 Å². The summed E-state index contributed by atoms with van der Waals surface area (Å²) in [6, 6.07) is 7.51. The third-order valence-electron chi connectivity index (χ3n) is 2.36. The molecule has 0 heterocycles. The normalized spacial score (nSPS) is 11.0. The topological polar surface area (TPSA) is 59.6 Å². The van der Waals surface area contributed by atoms with E-state index in [1.807, 2.05) is 45.0 Å². The van der Waals surface area contributed by atoms with E-state index >= 15 is 0 Å². The Morgan fingerprint density at radius 1 is 1.25 bits per heavy atom. The average molecular weight is 280 g/mol. The Labute approximate surface area is 120 Å². The van der Waals surface area contributed by atoms with Gasteiger partial charge in [-0.1, -0.05) is 6.07 Å². The van der Waals surface area contributed by atoms with Gasteiger partial charge < -0.3 is 20.1 Å². The molecule has 0 spiro atoms. The smallest absolute Gasteiger partial charge is 0.239 e. The molecule has 112 valence electrons. The quantitative estimate of drug-likeness (QED) is 0.750. The lowest BCUT2D eigenvalue weighted by Crippen LogP contribution is -2.43. The first kappa shape index (κ1) is 16.3. The highest BCUT2D eigenvalue weighted by atomic mass is 16.5. The first-order chi connectivity index (χ1) is 9.40. The zero-order chi connectivity index (χ0) is 15.0. The van der Waals surface area contributed by atoms with Crippen molar-refractivity contribution in [3.05, 3.63) is 24.3 Å². The fourth-order valence-corrected chi connectivity index (χ4v) is 1.58.